The Balaban J connectivity index is 2.04. The monoisotopic (exact) mass is 397 g/mol. The van der Waals surface area contributed by atoms with Crippen molar-refractivity contribution in [2.45, 2.75) is 18.9 Å². The second kappa shape index (κ2) is 7.25. The quantitative estimate of drug-likeness (QED) is 0.813. The second-order valence-electron chi connectivity index (χ2n) is 4.75. The number of rotatable bonds is 5. The maximum Gasteiger partial charge on any atom is 0.119 e. The highest BCUT2D eigenvalue weighted by molar-refractivity contribution is 9.10. The highest BCUT2D eigenvalue weighted by Gasteiger charge is 2.09. The van der Waals surface area contributed by atoms with Crippen LogP contribution in [0.1, 0.15) is 11.1 Å². The molecule has 2 rings (SSSR count). The Labute approximate surface area is 136 Å². The van der Waals surface area contributed by atoms with E-state index in [-0.39, 0.29) is 6.04 Å². The van der Waals surface area contributed by atoms with Crippen LogP contribution >= 0.6 is 31.9 Å². The number of hydrogen-bond acceptors (Lipinski definition) is 2. The first-order chi connectivity index (χ1) is 9.58. The van der Waals surface area contributed by atoms with Crippen LogP contribution in [-0.4, -0.2) is 13.2 Å². The summed E-state index contributed by atoms with van der Waals surface area (Å²) in [7, 11) is 1.68. The molecule has 20 heavy (non-hydrogen) atoms. The molecule has 2 N–H and O–H groups in total. The summed E-state index contributed by atoms with van der Waals surface area (Å²) in [6, 6.07) is 14.3. The average molecular weight is 399 g/mol. The fourth-order valence-electron chi connectivity index (χ4n) is 2.11. The number of hydrogen-bond donors (Lipinski definition) is 1. The smallest absolute Gasteiger partial charge is 0.119 e. The molecule has 1 atom stereocenters. The van der Waals surface area contributed by atoms with Crippen LogP contribution in [0.25, 0.3) is 0 Å². The molecule has 0 aromatic heterocycles. The summed E-state index contributed by atoms with van der Waals surface area (Å²) < 4.78 is 7.42. The van der Waals surface area contributed by atoms with Crippen LogP contribution in [0, 0.1) is 0 Å². The van der Waals surface area contributed by atoms with Crippen molar-refractivity contribution in [1.29, 1.82) is 0 Å². The van der Waals surface area contributed by atoms with Crippen molar-refractivity contribution in [2.24, 2.45) is 5.73 Å². The lowest BCUT2D eigenvalue weighted by molar-refractivity contribution is 0.414. The molecule has 106 valence electrons. The summed E-state index contributed by atoms with van der Waals surface area (Å²) in [5.41, 5.74) is 8.69. The third-order valence-corrected chi connectivity index (χ3v) is 4.45. The molecule has 0 saturated heterocycles. The molecule has 2 aromatic carbocycles. The van der Waals surface area contributed by atoms with E-state index >= 15 is 0 Å². The molecule has 0 fully saturated rings. The van der Waals surface area contributed by atoms with E-state index in [1.165, 1.54) is 11.1 Å². The molecule has 0 spiro atoms. The SMILES string of the molecule is COc1ccc(Br)c(CC(N)Cc2ccc(Br)cc2)c1. The highest BCUT2D eigenvalue weighted by Crippen LogP contribution is 2.24. The Morgan fingerprint density at radius 1 is 1.05 bits per heavy atom. The number of halogens is 2. The van der Waals surface area contributed by atoms with Crippen LogP contribution in [0.2, 0.25) is 0 Å². The van der Waals surface area contributed by atoms with E-state index in [0.29, 0.717) is 0 Å². The number of nitrogens with two attached hydrogens (primary N) is 1. The molecule has 0 radical (unpaired) electrons. The lowest BCUT2D eigenvalue weighted by Gasteiger charge is -2.14. The van der Waals surface area contributed by atoms with Gasteiger partial charge in [-0.3, -0.25) is 0 Å². The van der Waals surface area contributed by atoms with E-state index in [4.69, 9.17) is 10.5 Å². The summed E-state index contributed by atoms with van der Waals surface area (Å²) in [4.78, 5) is 0. The van der Waals surface area contributed by atoms with Gasteiger partial charge >= 0.3 is 0 Å². The van der Waals surface area contributed by atoms with E-state index < -0.39 is 0 Å². The summed E-state index contributed by atoms with van der Waals surface area (Å²) in [6.07, 6.45) is 1.67. The first-order valence-corrected chi connectivity index (χ1v) is 7.99. The number of benzene rings is 2. The fourth-order valence-corrected chi connectivity index (χ4v) is 2.79. The molecule has 0 aliphatic heterocycles. The Hall–Kier alpha value is -0.840. The summed E-state index contributed by atoms with van der Waals surface area (Å²) in [6.45, 7) is 0. The summed E-state index contributed by atoms with van der Waals surface area (Å²) >= 11 is 7.01. The van der Waals surface area contributed by atoms with Crippen LogP contribution in [0.4, 0.5) is 0 Å². The minimum Gasteiger partial charge on any atom is -0.497 e. The van der Waals surface area contributed by atoms with Crippen molar-refractivity contribution in [3.8, 4) is 5.75 Å². The van der Waals surface area contributed by atoms with Gasteiger partial charge in [-0.1, -0.05) is 44.0 Å². The lowest BCUT2D eigenvalue weighted by Crippen LogP contribution is -2.25. The Morgan fingerprint density at radius 2 is 1.75 bits per heavy atom. The third kappa shape index (κ3) is 4.33. The van der Waals surface area contributed by atoms with Crippen LogP contribution < -0.4 is 10.5 Å². The van der Waals surface area contributed by atoms with Crippen LogP contribution in [0.3, 0.4) is 0 Å². The van der Waals surface area contributed by atoms with Gasteiger partial charge in [0.15, 0.2) is 0 Å². The zero-order chi connectivity index (χ0) is 14.5. The molecule has 2 nitrogen and oxygen atoms in total. The van der Waals surface area contributed by atoms with Gasteiger partial charge in [-0.05, 0) is 54.3 Å². The van der Waals surface area contributed by atoms with Gasteiger partial charge in [0, 0.05) is 15.0 Å². The van der Waals surface area contributed by atoms with Crippen LogP contribution in [-0.2, 0) is 12.8 Å². The molecule has 0 aliphatic rings. The van der Waals surface area contributed by atoms with E-state index in [1.54, 1.807) is 7.11 Å². The highest BCUT2D eigenvalue weighted by atomic mass is 79.9. The standard InChI is InChI=1S/C16H17Br2NO/c1-20-15-6-7-16(18)12(10-15)9-14(19)8-11-2-4-13(17)5-3-11/h2-7,10,14H,8-9,19H2,1H3. The number of methoxy groups -OCH3 is 1. The first kappa shape index (κ1) is 15.5. The largest absolute Gasteiger partial charge is 0.497 e. The predicted molar refractivity (Wildman–Crippen MR) is 90.2 cm³/mol. The zero-order valence-electron chi connectivity index (χ0n) is 11.3. The van der Waals surface area contributed by atoms with Crippen molar-refractivity contribution in [1.82, 2.24) is 0 Å². The minimum absolute atomic E-state index is 0.0829. The topological polar surface area (TPSA) is 35.2 Å². The molecule has 0 bridgehead atoms. The maximum atomic E-state index is 6.26. The third-order valence-electron chi connectivity index (χ3n) is 3.15. The van der Waals surface area contributed by atoms with E-state index in [2.05, 4.69) is 44.0 Å². The van der Waals surface area contributed by atoms with Gasteiger partial charge in [0.1, 0.15) is 5.75 Å². The van der Waals surface area contributed by atoms with Crippen molar-refractivity contribution in [3.63, 3.8) is 0 Å². The zero-order valence-corrected chi connectivity index (χ0v) is 14.4. The van der Waals surface area contributed by atoms with Crippen molar-refractivity contribution in [3.05, 3.63) is 62.5 Å². The van der Waals surface area contributed by atoms with Crippen LogP contribution in [0.15, 0.2) is 51.4 Å². The first-order valence-electron chi connectivity index (χ1n) is 6.41. The van der Waals surface area contributed by atoms with Crippen molar-refractivity contribution >= 4 is 31.9 Å². The Kier molecular flexibility index (Phi) is 5.64. The number of ether oxygens (including phenoxy) is 1. The van der Waals surface area contributed by atoms with Gasteiger partial charge in [-0.25, -0.2) is 0 Å². The lowest BCUT2D eigenvalue weighted by atomic mass is 10.00. The van der Waals surface area contributed by atoms with Gasteiger partial charge in [0.2, 0.25) is 0 Å². The van der Waals surface area contributed by atoms with E-state index in [9.17, 15) is 0 Å². The van der Waals surface area contributed by atoms with Gasteiger partial charge in [-0.2, -0.15) is 0 Å². The summed E-state index contributed by atoms with van der Waals surface area (Å²) in [5.74, 6) is 0.860. The molecule has 1 unspecified atom stereocenters. The van der Waals surface area contributed by atoms with Crippen molar-refractivity contribution < 1.29 is 4.74 Å². The molecular formula is C16H17Br2NO. The molecule has 0 saturated carbocycles. The average Bonchev–Trinajstić information content (AvgIpc) is 2.44. The molecule has 4 heteroatoms. The van der Waals surface area contributed by atoms with Gasteiger partial charge < -0.3 is 10.5 Å². The summed E-state index contributed by atoms with van der Waals surface area (Å²) in [5, 5.41) is 0. The Bertz CT molecular complexity index is 569. The normalized spacial score (nSPS) is 12.2. The molecule has 0 aliphatic carbocycles. The van der Waals surface area contributed by atoms with E-state index in [1.807, 2.05) is 30.3 Å². The molecule has 0 heterocycles. The fraction of sp³-hybridized carbons (Fsp3) is 0.250. The molecule has 2 aromatic rings. The van der Waals surface area contributed by atoms with Crippen LogP contribution in [0.5, 0.6) is 5.75 Å². The van der Waals surface area contributed by atoms with Gasteiger partial charge in [0.05, 0.1) is 7.11 Å². The Morgan fingerprint density at radius 3 is 2.40 bits per heavy atom. The predicted octanol–water partition coefficient (Wildman–Crippen LogP) is 4.33. The minimum atomic E-state index is 0.0829. The van der Waals surface area contributed by atoms with E-state index in [0.717, 1.165) is 27.5 Å². The molecule has 0 amide bonds. The second-order valence-corrected chi connectivity index (χ2v) is 6.52. The molecular weight excluding hydrogens is 382 g/mol. The maximum absolute atomic E-state index is 6.26. The van der Waals surface area contributed by atoms with Crippen molar-refractivity contribution in [2.75, 3.05) is 7.11 Å². The van der Waals surface area contributed by atoms with Gasteiger partial charge in [0.25, 0.3) is 0 Å². The van der Waals surface area contributed by atoms with Gasteiger partial charge in [-0.15, -0.1) is 0 Å².